The number of hydrogen-bond acceptors (Lipinski definition) is 4. The van der Waals surface area contributed by atoms with Crippen LogP contribution in [0.4, 0.5) is 8.78 Å². The maximum absolute atomic E-state index is 13.0. The molecule has 0 bridgehead atoms. The Balaban J connectivity index is 2.04. The molecule has 1 aromatic carbocycles. The molecule has 0 spiro atoms. The molecule has 0 aliphatic rings. The molecule has 0 atom stereocenters. The Bertz CT molecular complexity index is 528. The molecule has 0 saturated heterocycles. The Hall–Kier alpha value is -1.82. The molecule has 0 radical (unpaired) electrons. The van der Waals surface area contributed by atoms with Crippen molar-refractivity contribution < 1.29 is 13.3 Å². The third-order valence-electron chi connectivity index (χ3n) is 2.45. The summed E-state index contributed by atoms with van der Waals surface area (Å²) < 4.78 is 30.8. The summed E-state index contributed by atoms with van der Waals surface area (Å²) in [6.07, 6.45) is 1.72. The zero-order valence-electron chi connectivity index (χ0n) is 9.70. The first kappa shape index (κ1) is 12.6. The van der Waals surface area contributed by atoms with Gasteiger partial charge in [-0.1, -0.05) is 11.2 Å². The van der Waals surface area contributed by atoms with Crippen LogP contribution < -0.4 is 5.73 Å². The van der Waals surface area contributed by atoms with Crippen LogP contribution in [0.25, 0.3) is 0 Å². The highest BCUT2D eigenvalue weighted by Crippen LogP contribution is 2.12. The summed E-state index contributed by atoms with van der Waals surface area (Å²) in [6.45, 7) is 0.563. The van der Waals surface area contributed by atoms with Gasteiger partial charge in [0.15, 0.2) is 17.5 Å². The molecule has 0 unspecified atom stereocenters. The van der Waals surface area contributed by atoms with E-state index in [1.807, 2.05) is 0 Å². The third kappa shape index (κ3) is 3.10. The lowest BCUT2D eigenvalue weighted by molar-refractivity contribution is 0.378. The van der Waals surface area contributed by atoms with Gasteiger partial charge in [0.25, 0.3) is 0 Å². The molecule has 2 N–H and O–H groups in total. The number of aryl methyl sites for hydroxylation is 1. The number of aromatic nitrogens is 2. The highest BCUT2D eigenvalue weighted by atomic mass is 19.2. The summed E-state index contributed by atoms with van der Waals surface area (Å²) in [4.78, 5) is 4.15. The van der Waals surface area contributed by atoms with Crippen LogP contribution in [-0.4, -0.2) is 16.7 Å². The summed E-state index contributed by atoms with van der Waals surface area (Å²) >= 11 is 0. The molecule has 0 aliphatic carbocycles. The maximum atomic E-state index is 13.0. The Labute approximate surface area is 103 Å². The number of halogens is 2. The standard InChI is InChI=1S/C12H13F2N3O/c13-9-4-3-8(6-10(9)14)7-12-16-11(17-18-12)2-1-5-15/h3-4,6H,1-2,5,7,15H2. The number of nitrogens with zero attached hydrogens (tertiary/aromatic N) is 2. The van der Waals surface area contributed by atoms with Crippen molar-refractivity contribution in [2.75, 3.05) is 6.54 Å². The second kappa shape index (κ2) is 5.68. The highest BCUT2D eigenvalue weighted by molar-refractivity contribution is 5.20. The van der Waals surface area contributed by atoms with Crippen LogP contribution in [0.5, 0.6) is 0 Å². The Morgan fingerprint density at radius 1 is 1.22 bits per heavy atom. The first-order valence-electron chi connectivity index (χ1n) is 5.64. The van der Waals surface area contributed by atoms with Crippen molar-refractivity contribution in [2.45, 2.75) is 19.3 Å². The molecule has 0 amide bonds. The van der Waals surface area contributed by atoms with E-state index in [1.54, 1.807) is 0 Å². The van der Waals surface area contributed by atoms with Crippen LogP contribution in [0.1, 0.15) is 23.7 Å². The van der Waals surface area contributed by atoms with Gasteiger partial charge in [-0.05, 0) is 30.7 Å². The quantitative estimate of drug-likeness (QED) is 0.882. The molecule has 1 heterocycles. The van der Waals surface area contributed by atoms with E-state index in [1.165, 1.54) is 6.07 Å². The van der Waals surface area contributed by atoms with Gasteiger partial charge in [-0.2, -0.15) is 4.98 Å². The van der Waals surface area contributed by atoms with Crippen LogP contribution in [0.15, 0.2) is 22.7 Å². The topological polar surface area (TPSA) is 64.9 Å². The molecule has 2 aromatic rings. The van der Waals surface area contributed by atoms with Gasteiger partial charge in [0.2, 0.25) is 5.89 Å². The lowest BCUT2D eigenvalue weighted by atomic mass is 10.1. The van der Waals surface area contributed by atoms with E-state index >= 15 is 0 Å². The number of rotatable bonds is 5. The number of benzene rings is 1. The molecule has 0 aliphatic heterocycles. The normalized spacial score (nSPS) is 10.8. The van der Waals surface area contributed by atoms with Crippen molar-refractivity contribution in [3.63, 3.8) is 0 Å². The molecule has 1 aromatic heterocycles. The average Bonchev–Trinajstić information content (AvgIpc) is 2.79. The van der Waals surface area contributed by atoms with E-state index in [4.69, 9.17) is 10.3 Å². The fourth-order valence-corrected chi connectivity index (χ4v) is 1.55. The van der Waals surface area contributed by atoms with Gasteiger partial charge in [-0.25, -0.2) is 8.78 Å². The van der Waals surface area contributed by atoms with E-state index in [0.29, 0.717) is 30.2 Å². The van der Waals surface area contributed by atoms with Gasteiger partial charge >= 0.3 is 0 Å². The predicted molar refractivity (Wildman–Crippen MR) is 60.8 cm³/mol. The van der Waals surface area contributed by atoms with Crippen molar-refractivity contribution in [3.8, 4) is 0 Å². The molecule has 4 nitrogen and oxygen atoms in total. The summed E-state index contributed by atoms with van der Waals surface area (Å²) in [7, 11) is 0. The summed E-state index contributed by atoms with van der Waals surface area (Å²) in [6, 6.07) is 3.69. The van der Waals surface area contributed by atoms with Crippen LogP contribution in [0, 0.1) is 11.6 Å². The van der Waals surface area contributed by atoms with Crippen LogP contribution in [-0.2, 0) is 12.8 Å². The summed E-state index contributed by atoms with van der Waals surface area (Å²) in [5.41, 5.74) is 5.96. The van der Waals surface area contributed by atoms with Gasteiger partial charge in [-0.15, -0.1) is 0 Å². The molecule has 0 saturated carbocycles. The Morgan fingerprint density at radius 2 is 2.06 bits per heavy atom. The van der Waals surface area contributed by atoms with Gasteiger partial charge in [0, 0.05) is 6.42 Å². The zero-order valence-corrected chi connectivity index (χ0v) is 9.70. The van der Waals surface area contributed by atoms with Crippen LogP contribution in [0.3, 0.4) is 0 Å². The van der Waals surface area contributed by atoms with Crippen molar-refractivity contribution in [1.82, 2.24) is 10.1 Å². The van der Waals surface area contributed by atoms with E-state index in [0.717, 1.165) is 18.6 Å². The first-order valence-corrected chi connectivity index (χ1v) is 5.64. The third-order valence-corrected chi connectivity index (χ3v) is 2.45. The fourth-order valence-electron chi connectivity index (χ4n) is 1.55. The lowest BCUT2D eigenvalue weighted by Crippen LogP contribution is -2.01. The zero-order chi connectivity index (χ0) is 13.0. The number of hydrogen-bond donors (Lipinski definition) is 1. The summed E-state index contributed by atoms with van der Waals surface area (Å²) in [5.74, 6) is -0.783. The van der Waals surface area contributed by atoms with Gasteiger partial charge in [0.05, 0.1) is 6.42 Å². The van der Waals surface area contributed by atoms with Crippen LogP contribution >= 0.6 is 0 Å². The molecule has 2 rings (SSSR count). The van der Waals surface area contributed by atoms with Crippen LogP contribution in [0.2, 0.25) is 0 Å². The van der Waals surface area contributed by atoms with Crippen molar-refractivity contribution in [2.24, 2.45) is 5.73 Å². The average molecular weight is 253 g/mol. The van der Waals surface area contributed by atoms with E-state index in [-0.39, 0.29) is 6.42 Å². The molecule has 6 heteroatoms. The van der Waals surface area contributed by atoms with Crippen molar-refractivity contribution >= 4 is 0 Å². The molecular weight excluding hydrogens is 240 g/mol. The SMILES string of the molecule is NCCCc1noc(Cc2ccc(F)c(F)c2)n1. The molecule has 0 fully saturated rings. The highest BCUT2D eigenvalue weighted by Gasteiger charge is 2.09. The number of nitrogens with two attached hydrogens (primary N) is 1. The first-order chi connectivity index (χ1) is 8.69. The molecular formula is C12H13F2N3O. The second-order valence-electron chi connectivity index (χ2n) is 3.92. The minimum atomic E-state index is -0.879. The lowest BCUT2D eigenvalue weighted by Gasteiger charge is -1.97. The summed E-state index contributed by atoms with van der Waals surface area (Å²) in [5, 5.41) is 3.78. The molecule has 18 heavy (non-hydrogen) atoms. The second-order valence-corrected chi connectivity index (χ2v) is 3.92. The maximum Gasteiger partial charge on any atom is 0.231 e. The predicted octanol–water partition coefficient (Wildman–Crippen LogP) is 1.83. The van der Waals surface area contributed by atoms with E-state index in [9.17, 15) is 8.78 Å². The minimum Gasteiger partial charge on any atom is -0.339 e. The largest absolute Gasteiger partial charge is 0.339 e. The fraction of sp³-hybridized carbons (Fsp3) is 0.333. The van der Waals surface area contributed by atoms with E-state index in [2.05, 4.69) is 10.1 Å². The van der Waals surface area contributed by atoms with Gasteiger partial charge in [-0.3, -0.25) is 0 Å². The van der Waals surface area contributed by atoms with Crippen molar-refractivity contribution in [3.05, 3.63) is 47.1 Å². The molecule has 96 valence electrons. The Kier molecular flexibility index (Phi) is 3.99. The minimum absolute atomic E-state index is 0.285. The van der Waals surface area contributed by atoms with E-state index < -0.39 is 11.6 Å². The Morgan fingerprint density at radius 3 is 2.78 bits per heavy atom. The smallest absolute Gasteiger partial charge is 0.231 e. The van der Waals surface area contributed by atoms with Gasteiger partial charge < -0.3 is 10.3 Å². The van der Waals surface area contributed by atoms with Crippen molar-refractivity contribution in [1.29, 1.82) is 0 Å². The monoisotopic (exact) mass is 253 g/mol. The van der Waals surface area contributed by atoms with Gasteiger partial charge in [0.1, 0.15) is 0 Å².